The molecular weight excluding hydrogens is 418 g/mol. The zero-order chi connectivity index (χ0) is 23.2. The molecule has 1 atom stereocenters. The molecule has 2 aromatic carbocycles. The number of fused-ring (bicyclic) bond motifs is 1. The minimum atomic E-state index is -0.486. The van der Waals surface area contributed by atoms with Gasteiger partial charge in [-0.05, 0) is 24.5 Å². The molecular formula is C25H27N5O3. The molecule has 1 aromatic heterocycles. The van der Waals surface area contributed by atoms with Crippen molar-refractivity contribution in [1.82, 2.24) is 25.3 Å². The van der Waals surface area contributed by atoms with Gasteiger partial charge in [0.25, 0.3) is 11.8 Å². The third-order valence-electron chi connectivity index (χ3n) is 5.62. The molecule has 170 valence electrons. The highest BCUT2D eigenvalue weighted by Gasteiger charge is 2.26. The van der Waals surface area contributed by atoms with Gasteiger partial charge in [-0.2, -0.15) is 5.10 Å². The van der Waals surface area contributed by atoms with Crippen LogP contribution in [-0.2, 0) is 17.9 Å². The van der Waals surface area contributed by atoms with Crippen LogP contribution in [0.3, 0.4) is 0 Å². The smallest absolute Gasteiger partial charge is 0.272 e. The Morgan fingerprint density at radius 3 is 2.45 bits per heavy atom. The Hall–Kier alpha value is -3.94. The molecule has 0 radical (unpaired) electrons. The van der Waals surface area contributed by atoms with E-state index >= 15 is 0 Å². The molecule has 3 aromatic rings. The lowest BCUT2D eigenvalue weighted by atomic mass is 10.1. The van der Waals surface area contributed by atoms with Gasteiger partial charge in [0, 0.05) is 25.7 Å². The Kier molecular flexibility index (Phi) is 6.83. The molecule has 0 bridgehead atoms. The number of carbonyl (C=O) groups is 3. The van der Waals surface area contributed by atoms with Crippen LogP contribution in [0.2, 0.25) is 0 Å². The number of rotatable bonds is 7. The maximum atomic E-state index is 13.1. The second-order valence-corrected chi connectivity index (χ2v) is 8.09. The summed E-state index contributed by atoms with van der Waals surface area (Å²) in [7, 11) is 0. The van der Waals surface area contributed by atoms with Crippen LogP contribution in [0.15, 0.2) is 66.7 Å². The molecule has 0 saturated carbocycles. The van der Waals surface area contributed by atoms with Crippen molar-refractivity contribution in [3.8, 4) is 0 Å². The number of amides is 3. The van der Waals surface area contributed by atoms with Gasteiger partial charge in [-0.3, -0.25) is 19.1 Å². The molecule has 2 N–H and O–H groups in total. The highest BCUT2D eigenvalue weighted by molar-refractivity contribution is 5.99. The van der Waals surface area contributed by atoms with Gasteiger partial charge in [0.05, 0.1) is 12.6 Å². The number of aromatic nitrogens is 2. The number of nitrogens with zero attached hydrogens (tertiary/aromatic N) is 3. The third kappa shape index (κ3) is 5.46. The molecule has 0 spiro atoms. The van der Waals surface area contributed by atoms with Crippen molar-refractivity contribution in [1.29, 1.82) is 0 Å². The van der Waals surface area contributed by atoms with Crippen molar-refractivity contribution < 1.29 is 14.4 Å². The predicted molar refractivity (Wildman–Crippen MR) is 123 cm³/mol. The number of hydrogen-bond donors (Lipinski definition) is 2. The molecule has 4 rings (SSSR count). The Labute approximate surface area is 192 Å². The lowest BCUT2D eigenvalue weighted by Crippen LogP contribution is -2.38. The van der Waals surface area contributed by atoms with Crippen LogP contribution in [-0.4, -0.2) is 45.5 Å². The molecule has 8 nitrogen and oxygen atoms in total. The SMILES string of the molecule is C[C@H](NC(=O)CNC(=O)c1cc2n(n1)CCCN(Cc1ccccc1)C2=O)c1ccccc1. The van der Waals surface area contributed by atoms with E-state index < -0.39 is 5.91 Å². The summed E-state index contributed by atoms with van der Waals surface area (Å²) in [6, 6.07) is 20.7. The lowest BCUT2D eigenvalue weighted by molar-refractivity contribution is -0.120. The zero-order valence-corrected chi connectivity index (χ0v) is 18.5. The van der Waals surface area contributed by atoms with Crippen molar-refractivity contribution >= 4 is 17.7 Å². The summed E-state index contributed by atoms with van der Waals surface area (Å²) >= 11 is 0. The first-order valence-electron chi connectivity index (χ1n) is 11.0. The van der Waals surface area contributed by atoms with Gasteiger partial charge in [0.15, 0.2) is 5.69 Å². The Balaban J connectivity index is 1.36. The molecule has 3 amide bonds. The van der Waals surface area contributed by atoms with E-state index in [1.54, 1.807) is 9.58 Å². The van der Waals surface area contributed by atoms with Crippen LogP contribution in [0.4, 0.5) is 0 Å². The van der Waals surface area contributed by atoms with Crippen molar-refractivity contribution in [2.24, 2.45) is 0 Å². The van der Waals surface area contributed by atoms with Crippen LogP contribution in [0.5, 0.6) is 0 Å². The van der Waals surface area contributed by atoms with Crippen LogP contribution < -0.4 is 10.6 Å². The molecule has 0 saturated heterocycles. The molecule has 0 aliphatic carbocycles. The van der Waals surface area contributed by atoms with E-state index in [-0.39, 0.29) is 30.1 Å². The summed E-state index contributed by atoms with van der Waals surface area (Å²) in [4.78, 5) is 39.7. The second-order valence-electron chi connectivity index (χ2n) is 8.09. The van der Waals surface area contributed by atoms with Gasteiger partial charge in [-0.1, -0.05) is 60.7 Å². The molecule has 0 unspecified atom stereocenters. The van der Waals surface area contributed by atoms with Crippen molar-refractivity contribution in [2.45, 2.75) is 32.5 Å². The first kappa shape index (κ1) is 22.3. The van der Waals surface area contributed by atoms with Crippen molar-refractivity contribution in [3.05, 3.63) is 89.2 Å². The van der Waals surface area contributed by atoms with Crippen LogP contribution in [0.25, 0.3) is 0 Å². The van der Waals surface area contributed by atoms with E-state index in [2.05, 4.69) is 15.7 Å². The van der Waals surface area contributed by atoms with E-state index in [4.69, 9.17) is 0 Å². The van der Waals surface area contributed by atoms with E-state index in [1.807, 2.05) is 67.6 Å². The maximum Gasteiger partial charge on any atom is 0.272 e. The van der Waals surface area contributed by atoms with Gasteiger partial charge in [-0.25, -0.2) is 0 Å². The summed E-state index contributed by atoms with van der Waals surface area (Å²) in [5.74, 6) is -0.941. The fraction of sp³-hybridized carbons (Fsp3) is 0.280. The van der Waals surface area contributed by atoms with E-state index in [9.17, 15) is 14.4 Å². The highest BCUT2D eigenvalue weighted by atomic mass is 16.2. The molecule has 0 fully saturated rings. The van der Waals surface area contributed by atoms with Gasteiger partial charge < -0.3 is 15.5 Å². The number of nitrogens with one attached hydrogen (secondary N) is 2. The Morgan fingerprint density at radius 2 is 1.73 bits per heavy atom. The maximum absolute atomic E-state index is 13.1. The van der Waals surface area contributed by atoms with Gasteiger partial charge in [0.2, 0.25) is 5.91 Å². The number of benzene rings is 2. The fourth-order valence-electron chi connectivity index (χ4n) is 3.87. The predicted octanol–water partition coefficient (Wildman–Crippen LogP) is 2.54. The highest BCUT2D eigenvalue weighted by Crippen LogP contribution is 2.17. The quantitative estimate of drug-likeness (QED) is 0.584. The molecule has 1 aliphatic rings. The summed E-state index contributed by atoms with van der Waals surface area (Å²) in [6.45, 7) is 3.39. The van der Waals surface area contributed by atoms with Crippen LogP contribution in [0, 0.1) is 0 Å². The zero-order valence-electron chi connectivity index (χ0n) is 18.5. The van der Waals surface area contributed by atoms with E-state index in [0.29, 0.717) is 25.3 Å². The average molecular weight is 446 g/mol. The first-order valence-corrected chi connectivity index (χ1v) is 11.0. The normalized spacial score (nSPS) is 14.2. The molecule has 1 aliphatic heterocycles. The first-order chi connectivity index (χ1) is 16.0. The monoisotopic (exact) mass is 445 g/mol. The summed E-state index contributed by atoms with van der Waals surface area (Å²) in [6.07, 6.45) is 0.744. The summed E-state index contributed by atoms with van der Waals surface area (Å²) < 4.78 is 1.58. The minimum absolute atomic E-state index is 0.129. The standard InChI is InChI=1S/C25H27N5O3/c1-18(20-11-6-3-7-12-20)27-23(31)16-26-24(32)21-15-22-25(33)29(13-8-14-30(22)28-21)17-19-9-4-2-5-10-19/h2-7,9-12,15,18H,8,13-14,16-17H2,1H3,(H,26,32)(H,27,31)/t18-/m0/s1. The third-order valence-corrected chi connectivity index (χ3v) is 5.62. The minimum Gasteiger partial charge on any atom is -0.348 e. The molecule has 33 heavy (non-hydrogen) atoms. The largest absolute Gasteiger partial charge is 0.348 e. The molecule has 8 heteroatoms. The fourth-order valence-corrected chi connectivity index (χ4v) is 3.87. The summed E-state index contributed by atoms with van der Waals surface area (Å²) in [5.41, 5.74) is 2.54. The van der Waals surface area contributed by atoms with Crippen molar-refractivity contribution in [3.63, 3.8) is 0 Å². The van der Waals surface area contributed by atoms with Gasteiger partial charge in [0.1, 0.15) is 5.69 Å². The van der Waals surface area contributed by atoms with Gasteiger partial charge >= 0.3 is 0 Å². The Morgan fingerprint density at radius 1 is 1.03 bits per heavy atom. The van der Waals surface area contributed by atoms with Crippen LogP contribution >= 0.6 is 0 Å². The Bertz CT molecular complexity index is 1130. The van der Waals surface area contributed by atoms with E-state index in [0.717, 1.165) is 17.5 Å². The molecule has 2 heterocycles. The number of carbonyl (C=O) groups excluding carboxylic acids is 3. The summed E-state index contributed by atoms with van der Waals surface area (Å²) in [5, 5.41) is 9.77. The topological polar surface area (TPSA) is 96.3 Å². The second kappa shape index (κ2) is 10.1. The number of aryl methyl sites for hydroxylation is 1. The average Bonchev–Trinajstić information content (AvgIpc) is 3.21. The lowest BCUT2D eigenvalue weighted by Gasteiger charge is -2.20. The van der Waals surface area contributed by atoms with Crippen molar-refractivity contribution in [2.75, 3.05) is 13.1 Å². The number of hydrogen-bond acceptors (Lipinski definition) is 4. The van der Waals surface area contributed by atoms with Gasteiger partial charge in [-0.15, -0.1) is 0 Å². The van der Waals surface area contributed by atoms with Crippen LogP contribution in [0.1, 0.15) is 51.5 Å². The van der Waals surface area contributed by atoms with E-state index in [1.165, 1.54) is 6.07 Å².